The van der Waals surface area contributed by atoms with Gasteiger partial charge < -0.3 is 0 Å². The molecule has 4 nitrogen and oxygen atoms in total. The Morgan fingerprint density at radius 1 is 1.44 bits per heavy atom. The highest BCUT2D eigenvalue weighted by Gasteiger charge is 2.33. The van der Waals surface area contributed by atoms with Gasteiger partial charge in [-0.25, -0.2) is 0 Å². The first kappa shape index (κ1) is 14.5. The van der Waals surface area contributed by atoms with Crippen molar-refractivity contribution in [3.8, 4) is 0 Å². The molecule has 0 spiro atoms. The molecule has 0 amide bonds. The number of rotatable bonds is 4. The van der Waals surface area contributed by atoms with Gasteiger partial charge in [-0.15, -0.1) is 0 Å². The van der Waals surface area contributed by atoms with Crippen LogP contribution in [0.2, 0.25) is 0 Å². The van der Waals surface area contributed by atoms with Gasteiger partial charge in [-0.3, -0.25) is 14.9 Å². The molecule has 0 saturated carbocycles. The van der Waals surface area contributed by atoms with Crippen LogP contribution in [-0.2, 0) is 11.2 Å². The molecule has 0 aliphatic heterocycles. The summed E-state index contributed by atoms with van der Waals surface area (Å²) >= 11 is -0.556. The number of carbonyl (C=O) groups excluding carboxylic acids is 1. The third-order valence-electron chi connectivity index (χ3n) is 1.90. The second-order valence-corrected chi connectivity index (χ2v) is 4.59. The highest BCUT2D eigenvalue weighted by molar-refractivity contribution is 8.00. The molecule has 0 fully saturated rings. The maximum atomic E-state index is 12.3. The van der Waals surface area contributed by atoms with Gasteiger partial charge in [0, 0.05) is 12.5 Å². The Bertz CT molecular complexity index is 488. The number of halogens is 3. The number of Topliss-reactive ketones (excluding diaryl/α,β-unsaturated/α-hetero) is 1. The number of ketones is 1. The summed E-state index contributed by atoms with van der Waals surface area (Å²) in [6.07, 6.45) is -0.0522. The first-order valence-electron chi connectivity index (χ1n) is 4.71. The van der Waals surface area contributed by atoms with Crippen molar-refractivity contribution in [3.63, 3.8) is 0 Å². The average Bonchev–Trinajstić information content (AvgIpc) is 2.13. The lowest BCUT2D eigenvalue weighted by molar-refractivity contribution is -0.387. The highest BCUT2D eigenvalue weighted by atomic mass is 32.2. The summed E-state index contributed by atoms with van der Waals surface area (Å²) in [5.74, 6) is -0.230. The van der Waals surface area contributed by atoms with Crippen LogP contribution in [0, 0.1) is 10.1 Å². The first-order chi connectivity index (χ1) is 8.19. The predicted octanol–water partition coefficient (Wildman–Crippen LogP) is 3.34. The van der Waals surface area contributed by atoms with E-state index in [0.29, 0.717) is 5.56 Å². The first-order valence-corrected chi connectivity index (χ1v) is 5.53. The summed E-state index contributed by atoms with van der Waals surface area (Å²) in [6, 6.07) is 3.28. The van der Waals surface area contributed by atoms with Gasteiger partial charge in [0.25, 0.3) is 5.69 Å². The maximum Gasteiger partial charge on any atom is 0.446 e. The number of hydrogen-bond acceptors (Lipinski definition) is 4. The van der Waals surface area contributed by atoms with Gasteiger partial charge in [0.2, 0.25) is 0 Å². The molecule has 0 aliphatic rings. The van der Waals surface area contributed by atoms with E-state index in [4.69, 9.17) is 0 Å². The van der Waals surface area contributed by atoms with Crippen LogP contribution in [0.15, 0.2) is 23.1 Å². The second kappa shape index (κ2) is 5.38. The minimum Gasteiger partial charge on any atom is -0.300 e. The quantitative estimate of drug-likeness (QED) is 0.482. The number of nitrogens with zero attached hydrogens (tertiary/aromatic N) is 1. The zero-order valence-electron chi connectivity index (χ0n) is 9.15. The number of hydrogen-bond donors (Lipinski definition) is 0. The van der Waals surface area contributed by atoms with Crippen LogP contribution in [0.3, 0.4) is 0 Å². The number of nitro benzene ring substituents is 1. The Balaban J connectivity index is 3.15. The van der Waals surface area contributed by atoms with Crippen LogP contribution in [0.1, 0.15) is 12.5 Å². The summed E-state index contributed by atoms with van der Waals surface area (Å²) in [7, 11) is 0. The van der Waals surface area contributed by atoms with Gasteiger partial charge in [0.05, 0.1) is 9.82 Å². The van der Waals surface area contributed by atoms with Gasteiger partial charge in [-0.2, -0.15) is 13.2 Å². The third-order valence-corrected chi connectivity index (χ3v) is 2.68. The van der Waals surface area contributed by atoms with Crippen LogP contribution in [-0.4, -0.2) is 16.2 Å². The Morgan fingerprint density at radius 2 is 2.06 bits per heavy atom. The van der Waals surface area contributed by atoms with E-state index in [9.17, 15) is 28.1 Å². The van der Waals surface area contributed by atoms with Gasteiger partial charge in [-0.1, -0.05) is 6.07 Å². The van der Waals surface area contributed by atoms with Crippen molar-refractivity contribution in [2.75, 3.05) is 0 Å². The average molecular weight is 279 g/mol. The summed E-state index contributed by atoms with van der Waals surface area (Å²) in [4.78, 5) is 20.1. The van der Waals surface area contributed by atoms with Gasteiger partial charge >= 0.3 is 5.51 Å². The molecule has 0 saturated heterocycles. The van der Waals surface area contributed by atoms with E-state index in [1.807, 2.05) is 0 Å². The zero-order chi connectivity index (χ0) is 13.9. The molecule has 0 radical (unpaired) electrons. The van der Waals surface area contributed by atoms with Crippen molar-refractivity contribution in [2.45, 2.75) is 23.7 Å². The molecule has 0 aromatic heterocycles. The maximum absolute atomic E-state index is 12.3. The predicted molar refractivity (Wildman–Crippen MR) is 59.4 cm³/mol. The van der Waals surface area contributed by atoms with E-state index in [2.05, 4.69) is 0 Å². The molecule has 0 bridgehead atoms. The van der Waals surface area contributed by atoms with E-state index >= 15 is 0 Å². The third kappa shape index (κ3) is 4.36. The van der Waals surface area contributed by atoms with Crippen LogP contribution in [0.5, 0.6) is 0 Å². The summed E-state index contributed by atoms with van der Waals surface area (Å²) < 4.78 is 36.8. The van der Waals surface area contributed by atoms with E-state index in [0.717, 1.165) is 12.1 Å². The minimum atomic E-state index is -4.61. The monoisotopic (exact) mass is 279 g/mol. The summed E-state index contributed by atoms with van der Waals surface area (Å²) in [5.41, 5.74) is -4.91. The van der Waals surface area contributed by atoms with Crippen LogP contribution < -0.4 is 0 Å². The Kier molecular flexibility index (Phi) is 4.33. The van der Waals surface area contributed by atoms with Crippen molar-refractivity contribution < 1.29 is 22.9 Å². The second-order valence-electron chi connectivity index (χ2n) is 3.49. The number of carbonyl (C=O) groups is 1. The molecule has 8 heteroatoms. The number of nitro groups is 1. The van der Waals surface area contributed by atoms with Crippen molar-refractivity contribution in [3.05, 3.63) is 33.9 Å². The van der Waals surface area contributed by atoms with Gasteiger partial charge in [0.1, 0.15) is 5.78 Å². The van der Waals surface area contributed by atoms with Crippen LogP contribution >= 0.6 is 11.8 Å². The van der Waals surface area contributed by atoms with E-state index in [1.54, 1.807) is 0 Å². The van der Waals surface area contributed by atoms with Crippen LogP contribution in [0.4, 0.5) is 18.9 Å². The molecule has 1 aromatic rings. The topological polar surface area (TPSA) is 60.2 Å². The lowest BCUT2D eigenvalue weighted by Crippen LogP contribution is -2.03. The summed E-state index contributed by atoms with van der Waals surface area (Å²) in [6.45, 7) is 1.29. The summed E-state index contributed by atoms with van der Waals surface area (Å²) in [5, 5.41) is 10.6. The molecule has 0 atom stereocenters. The fourth-order valence-electron chi connectivity index (χ4n) is 1.31. The van der Waals surface area contributed by atoms with Crippen molar-refractivity contribution in [2.24, 2.45) is 0 Å². The van der Waals surface area contributed by atoms with Crippen LogP contribution in [0.25, 0.3) is 0 Å². The fraction of sp³-hybridized carbons (Fsp3) is 0.300. The molecular formula is C10H8F3NO3S. The molecule has 1 rings (SSSR count). The van der Waals surface area contributed by atoms with E-state index in [1.165, 1.54) is 13.0 Å². The normalized spacial score (nSPS) is 11.3. The lowest BCUT2D eigenvalue weighted by Gasteiger charge is -2.07. The SMILES string of the molecule is CC(=O)Cc1ccc([N+](=O)[O-])c(SC(F)(F)F)c1. The molecule has 0 N–H and O–H groups in total. The highest BCUT2D eigenvalue weighted by Crippen LogP contribution is 2.41. The van der Waals surface area contributed by atoms with Crippen molar-refractivity contribution in [1.82, 2.24) is 0 Å². The Morgan fingerprint density at radius 3 is 2.50 bits per heavy atom. The van der Waals surface area contributed by atoms with E-state index < -0.39 is 32.8 Å². The number of thioether (sulfide) groups is 1. The Labute approximate surface area is 104 Å². The van der Waals surface area contributed by atoms with Crippen molar-refractivity contribution >= 4 is 23.2 Å². The van der Waals surface area contributed by atoms with Gasteiger partial charge in [-0.05, 0) is 30.3 Å². The smallest absolute Gasteiger partial charge is 0.300 e. The van der Waals surface area contributed by atoms with E-state index in [-0.39, 0.29) is 12.2 Å². The zero-order valence-corrected chi connectivity index (χ0v) is 9.97. The molecule has 0 heterocycles. The minimum absolute atomic E-state index is 0.0522. The molecule has 18 heavy (non-hydrogen) atoms. The molecule has 0 aliphatic carbocycles. The van der Waals surface area contributed by atoms with Crippen molar-refractivity contribution in [1.29, 1.82) is 0 Å². The molecule has 0 unspecified atom stereocenters. The Hall–Kier alpha value is -1.57. The molecular weight excluding hydrogens is 271 g/mol. The fourth-order valence-corrected chi connectivity index (χ4v) is 2.02. The largest absolute Gasteiger partial charge is 0.446 e. The molecule has 98 valence electrons. The number of benzene rings is 1. The standard InChI is InChI=1S/C10H8F3NO3S/c1-6(15)4-7-2-3-8(14(16)17)9(5-7)18-10(11,12)13/h2-3,5H,4H2,1H3. The molecule has 1 aromatic carbocycles. The lowest BCUT2D eigenvalue weighted by atomic mass is 10.1. The van der Waals surface area contributed by atoms with Gasteiger partial charge in [0.15, 0.2) is 0 Å². The number of alkyl halides is 3.